The van der Waals surface area contributed by atoms with Crippen LogP contribution in [0.4, 0.5) is 13.2 Å². The summed E-state index contributed by atoms with van der Waals surface area (Å²) < 4.78 is 44.2. The van der Waals surface area contributed by atoms with Crippen LogP contribution in [0.25, 0.3) is 11.4 Å². The van der Waals surface area contributed by atoms with E-state index >= 15 is 0 Å². The standard InChI is InChI=1S/C23H22ClF3N4O2/c1-22(20(32)29(2)3,17-6-4-5-7-18(17)23(25,26)27)31-21(33)30(16-12-13-16)19(28-31)14-8-10-15(24)11-9-14/h4-11,16H,12-13H2,1-3H3. The van der Waals surface area contributed by atoms with Crippen molar-refractivity contribution >= 4 is 17.5 Å². The topological polar surface area (TPSA) is 60.1 Å². The van der Waals surface area contributed by atoms with Crippen molar-refractivity contribution < 1.29 is 18.0 Å². The molecule has 1 atom stereocenters. The lowest BCUT2D eigenvalue weighted by atomic mass is 9.86. The van der Waals surface area contributed by atoms with Crippen molar-refractivity contribution in [3.63, 3.8) is 0 Å². The molecule has 1 saturated carbocycles. The number of hydrogen-bond acceptors (Lipinski definition) is 3. The lowest BCUT2D eigenvalue weighted by molar-refractivity contribution is -0.142. The highest BCUT2D eigenvalue weighted by Crippen LogP contribution is 2.40. The molecule has 10 heteroatoms. The van der Waals surface area contributed by atoms with E-state index < -0.39 is 28.9 Å². The first-order valence-corrected chi connectivity index (χ1v) is 10.7. The lowest BCUT2D eigenvalue weighted by Crippen LogP contribution is -2.52. The van der Waals surface area contributed by atoms with E-state index in [2.05, 4.69) is 5.10 Å². The number of likely N-dealkylation sites (N-methyl/N-ethyl adjacent to an activating group) is 1. The number of alkyl halides is 3. The largest absolute Gasteiger partial charge is 0.416 e. The third-order valence-electron chi connectivity index (χ3n) is 5.83. The van der Waals surface area contributed by atoms with E-state index in [-0.39, 0.29) is 17.4 Å². The molecule has 4 rings (SSSR count). The second kappa shape index (κ2) is 8.06. The van der Waals surface area contributed by atoms with Crippen LogP contribution in [0.15, 0.2) is 53.3 Å². The van der Waals surface area contributed by atoms with Gasteiger partial charge in [-0.1, -0.05) is 29.8 Å². The first-order chi connectivity index (χ1) is 15.5. The maximum absolute atomic E-state index is 13.9. The second-order valence-corrected chi connectivity index (χ2v) is 8.88. The molecule has 1 unspecified atom stereocenters. The molecule has 1 heterocycles. The average molecular weight is 479 g/mol. The third kappa shape index (κ3) is 3.94. The Morgan fingerprint density at radius 1 is 1.06 bits per heavy atom. The van der Waals surface area contributed by atoms with Gasteiger partial charge in [-0.15, -0.1) is 5.10 Å². The molecule has 1 aliphatic carbocycles. The number of amides is 1. The molecule has 3 aromatic rings. The van der Waals surface area contributed by atoms with Gasteiger partial charge in [0.15, 0.2) is 11.4 Å². The molecule has 0 bridgehead atoms. The first-order valence-electron chi connectivity index (χ1n) is 10.3. The summed E-state index contributed by atoms with van der Waals surface area (Å²) in [5.41, 5.74) is -3.44. The normalized spacial score (nSPS) is 15.8. The van der Waals surface area contributed by atoms with Gasteiger partial charge >= 0.3 is 11.9 Å². The minimum Gasteiger partial charge on any atom is -0.346 e. The van der Waals surface area contributed by atoms with Gasteiger partial charge in [-0.3, -0.25) is 9.36 Å². The highest BCUT2D eigenvalue weighted by Gasteiger charge is 2.48. The Bertz CT molecular complexity index is 1260. The Kier molecular flexibility index (Phi) is 5.64. The fourth-order valence-corrected chi connectivity index (χ4v) is 4.16. The average Bonchev–Trinajstić information content (AvgIpc) is 3.54. The molecule has 0 N–H and O–H groups in total. The second-order valence-electron chi connectivity index (χ2n) is 8.44. The Labute approximate surface area is 193 Å². The van der Waals surface area contributed by atoms with Gasteiger partial charge in [0.2, 0.25) is 0 Å². The van der Waals surface area contributed by atoms with Crippen molar-refractivity contribution in [1.29, 1.82) is 0 Å². The summed E-state index contributed by atoms with van der Waals surface area (Å²) in [5, 5.41) is 4.95. The van der Waals surface area contributed by atoms with Gasteiger partial charge < -0.3 is 4.90 Å². The van der Waals surface area contributed by atoms with Crippen molar-refractivity contribution in [2.75, 3.05) is 14.1 Å². The maximum Gasteiger partial charge on any atom is 0.416 e. The zero-order chi connectivity index (χ0) is 24.1. The van der Waals surface area contributed by atoms with Crippen molar-refractivity contribution in [3.8, 4) is 11.4 Å². The molecule has 0 saturated heterocycles. The lowest BCUT2D eigenvalue weighted by Gasteiger charge is -2.33. The summed E-state index contributed by atoms with van der Waals surface area (Å²) in [5.74, 6) is -0.425. The molecule has 1 aromatic heterocycles. The van der Waals surface area contributed by atoms with Gasteiger partial charge in [0.05, 0.1) is 5.56 Å². The first kappa shape index (κ1) is 23.1. The van der Waals surface area contributed by atoms with Gasteiger partial charge in [-0.2, -0.15) is 17.9 Å². The molecule has 6 nitrogen and oxygen atoms in total. The summed E-state index contributed by atoms with van der Waals surface area (Å²) in [6, 6.07) is 11.3. The molecule has 1 fully saturated rings. The molecule has 2 aromatic carbocycles. The minimum absolute atomic E-state index is 0.131. The molecule has 0 aliphatic heterocycles. The maximum atomic E-state index is 13.9. The highest BCUT2D eigenvalue weighted by molar-refractivity contribution is 6.30. The molecule has 0 radical (unpaired) electrons. The number of carbonyl (C=O) groups is 1. The molecule has 1 amide bonds. The van der Waals surface area contributed by atoms with Gasteiger partial charge in [-0.25, -0.2) is 4.79 Å². The van der Waals surface area contributed by atoms with Crippen LogP contribution in [0, 0.1) is 0 Å². The minimum atomic E-state index is -4.73. The van der Waals surface area contributed by atoms with Crippen molar-refractivity contribution in [3.05, 3.63) is 75.2 Å². The quantitative estimate of drug-likeness (QED) is 0.539. The molecule has 0 spiro atoms. The summed E-state index contributed by atoms with van der Waals surface area (Å²) in [4.78, 5) is 28.2. The highest BCUT2D eigenvalue weighted by atomic mass is 35.5. The van der Waals surface area contributed by atoms with E-state index in [9.17, 15) is 22.8 Å². The fourth-order valence-electron chi connectivity index (χ4n) is 4.04. The van der Waals surface area contributed by atoms with E-state index in [1.165, 1.54) is 43.8 Å². The zero-order valence-corrected chi connectivity index (χ0v) is 19.0. The predicted molar refractivity (Wildman–Crippen MR) is 118 cm³/mol. The monoisotopic (exact) mass is 478 g/mol. The molecule has 174 valence electrons. The van der Waals surface area contributed by atoms with Crippen LogP contribution in [0.5, 0.6) is 0 Å². The van der Waals surface area contributed by atoms with Crippen molar-refractivity contribution in [2.45, 2.75) is 37.5 Å². The van der Waals surface area contributed by atoms with E-state index in [0.717, 1.165) is 28.5 Å². The fraction of sp³-hybridized carbons (Fsp3) is 0.348. The van der Waals surface area contributed by atoms with Crippen LogP contribution >= 0.6 is 11.6 Å². The molecule has 33 heavy (non-hydrogen) atoms. The Balaban J connectivity index is 2.03. The third-order valence-corrected chi connectivity index (χ3v) is 6.08. The number of nitrogens with zero attached hydrogens (tertiary/aromatic N) is 4. The van der Waals surface area contributed by atoms with Crippen LogP contribution < -0.4 is 5.69 Å². The van der Waals surface area contributed by atoms with E-state index in [0.29, 0.717) is 10.6 Å². The number of carbonyl (C=O) groups excluding carboxylic acids is 1. The van der Waals surface area contributed by atoms with E-state index in [1.807, 2.05) is 0 Å². The van der Waals surface area contributed by atoms with E-state index in [1.54, 1.807) is 24.3 Å². The van der Waals surface area contributed by atoms with Gasteiger partial charge in [-0.05, 0) is 50.1 Å². The molecular formula is C23H22ClF3N4O2. The zero-order valence-electron chi connectivity index (χ0n) is 18.2. The predicted octanol–water partition coefficient (Wildman–Crippen LogP) is 4.57. The van der Waals surface area contributed by atoms with Crippen molar-refractivity contribution in [1.82, 2.24) is 19.2 Å². The number of halogens is 4. The SMILES string of the molecule is CN(C)C(=O)C(C)(c1ccccc1C(F)(F)F)n1nc(-c2ccc(Cl)cc2)n(C2CC2)c1=O. The molecular weight excluding hydrogens is 457 g/mol. The smallest absolute Gasteiger partial charge is 0.346 e. The Hall–Kier alpha value is -3.07. The summed E-state index contributed by atoms with van der Waals surface area (Å²) in [6.07, 6.45) is -3.25. The van der Waals surface area contributed by atoms with Gasteiger partial charge in [0, 0.05) is 36.3 Å². The van der Waals surface area contributed by atoms with Crippen LogP contribution in [0.3, 0.4) is 0 Å². The number of benzene rings is 2. The summed E-state index contributed by atoms with van der Waals surface area (Å²) in [7, 11) is 2.86. The Morgan fingerprint density at radius 3 is 2.15 bits per heavy atom. The van der Waals surface area contributed by atoms with Crippen LogP contribution in [0.2, 0.25) is 5.02 Å². The molecule has 1 aliphatic rings. The number of rotatable bonds is 5. The van der Waals surface area contributed by atoms with E-state index in [4.69, 9.17) is 11.6 Å². The Morgan fingerprint density at radius 2 is 1.64 bits per heavy atom. The van der Waals surface area contributed by atoms with Gasteiger partial charge in [0.1, 0.15) is 0 Å². The number of aromatic nitrogens is 3. The van der Waals surface area contributed by atoms with Crippen LogP contribution in [0.1, 0.15) is 36.9 Å². The van der Waals surface area contributed by atoms with Gasteiger partial charge in [0.25, 0.3) is 5.91 Å². The van der Waals surface area contributed by atoms with Crippen LogP contribution in [-0.2, 0) is 16.5 Å². The van der Waals surface area contributed by atoms with Crippen molar-refractivity contribution in [2.24, 2.45) is 0 Å². The summed E-state index contributed by atoms with van der Waals surface area (Å²) >= 11 is 5.99. The number of hydrogen-bond donors (Lipinski definition) is 0. The summed E-state index contributed by atoms with van der Waals surface area (Å²) in [6.45, 7) is 1.30. The van der Waals surface area contributed by atoms with Crippen LogP contribution in [-0.4, -0.2) is 39.3 Å².